The van der Waals surface area contributed by atoms with Crippen LogP contribution in [-0.4, -0.2) is 71.3 Å². The van der Waals surface area contributed by atoms with E-state index >= 15 is 0 Å². The van der Waals surface area contributed by atoms with Crippen LogP contribution in [0.5, 0.6) is 5.75 Å². The Kier molecular flexibility index (Phi) is 5.29. The molecule has 2 aromatic rings. The molecule has 2 saturated heterocycles. The first-order valence-electron chi connectivity index (χ1n) is 10.8. The number of nitrogens with zero attached hydrogens (tertiary/aromatic N) is 4. The number of aromatic carboxylic acids is 1. The van der Waals surface area contributed by atoms with Crippen molar-refractivity contribution in [3.63, 3.8) is 0 Å². The van der Waals surface area contributed by atoms with Crippen LogP contribution in [0.2, 0.25) is 0 Å². The lowest BCUT2D eigenvalue weighted by Crippen LogP contribution is -2.48. The van der Waals surface area contributed by atoms with Gasteiger partial charge in [-0.05, 0) is 38.5 Å². The van der Waals surface area contributed by atoms with Gasteiger partial charge in [0.25, 0.3) is 0 Å². The van der Waals surface area contributed by atoms with Gasteiger partial charge in [0.05, 0.1) is 18.3 Å². The van der Waals surface area contributed by atoms with Crippen molar-refractivity contribution in [1.82, 2.24) is 9.97 Å². The number of carboxylic acids is 1. The molecule has 2 bridgehead atoms. The lowest BCUT2D eigenvalue weighted by molar-refractivity contribution is -0.141. The fraction of sp³-hybridized carbons (Fsp3) is 0.455. The predicted molar refractivity (Wildman–Crippen MR) is 118 cm³/mol. The number of rotatable bonds is 5. The number of nitrogens with one attached hydrogen (secondary N) is 1. The molecule has 2 N–H and O–H groups in total. The predicted octanol–water partition coefficient (Wildman–Crippen LogP) is 2.34. The second kappa shape index (κ2) is 8.16. The summed E-state index contributed by atoms with van der Waals surface area (Å²) in [5.41, 5.74) is 0.638. The molecule has 0 saturated carbocycles. The second-order valence-corrected chi connectivity index (χ2v) is 8.67. The molecule has 5 heterocycles. The molecule has 0 spiro atoms. The molecule has 11 heteroatoms. The average Bonchev–Trinajstić information content (AvgIpc) is 3.35. The zero-order valence-corrected chi connectivity index (χ0v) is 18.4. The van der Waals surface area contributed by atoms with Gasteiger partial charge < -0.3 is 24.2 Å². The summed E-state index contributed by atoms with van der Waals surface area (Å²) in [7, 11) is 0. The number of hydrogen-bond donors (Lipinski definition) is 2. The highest BCUT2D eigenvalue weighted by Crippen LogP contribution is 2.39. The molecule has 3 aliphatic heterocycles. The van der Waals surface area contributed by atoms with Crippen molar-refractivity contribution in [2.75, 3.05) is 41.4 Å². The Balaban J connectivity index is 1.31. The maximum absolute atomic E-state index is 13.2. The lowest BCUT2D eigenvalue weighted by Gasteiger charge is -2.35. The number of fused-ring (bicyclic) bond motifs is 4. The van der Waals surface area contributed by atoms with E-state index < -0.39 is 17.8 Å². The van der Waals surface area contributed by atoms with Gasteiger partial charge in [-0.3, -0.25) is 10.2 Å². The van der Waals surface area contributed by atoms with Crippen LogP contribution in [0.15, 0.2) is 30.5 Å². The lowest BCUT2D eigenvalue weighted by atomic mass is 10.2. The molecule has 2 aromatic heterocycles. The number of amides is 2. The van der Waals surface area contributed by atoms with Gasteiger partial charge in [0.15, 0.2) is 17.3 Å². The summed E-state index contributed by atoms with van der Waals surface area (Å²) in [6.45, 7) is 5.90. The van der Waals surface area contributed by atoms with Crippen LogP contribution in [0.4, 0.5) is 22.1 Å². The van der Waals surface area contributed by atoms with Crippen molar-refractivity contribution in [3.8, 4) is 5.75 Å². The molecule has 0 aromatic carbocycles. The summed E-state index contributed by atoms with van der Waals surface area (Å²) >= 11 is 0. The van der Waals surface area contributed by atoms with Crippen LogP contribution < -0.4 is 19.9 Å². The summed E-state index contributed by atoms with van der Waals surface area (Å²) in [4.78, 5) is 36.8. The minimum Gasteiger partial charge on any atom is -0.491 e. The van der Waals surface area contributed by atoms with Gasteiger partial charge in [0.1, 0.15) is 24.3 Å². The molecular weight excluding hydrogens is 430 g/mol. The molecule has 2 atom stereocenters. The molecule has 3 aliphatic rings. The van der Waals surface area contributed by atoms with E-state index in [1.165, 1.54) is 11.0 Å². The highest BCUT2D eigenvalue weighted by atomic mass is 16.7. The monoisotopic (exact) mass is 455 g/mol. The second-order valence-electron chi connectivity index (χ2n) is 8.67. The Morgan fingerprint density at radius 3 is 2.94 bits per heavy atom. The maximum atomic E-state index is 13.2. The van der Waals surface area contributed by atoms with Crippen LogP contribution in [-0.2, 0) is 9.47 Å². The first kappa shape index (κ1) is 21.4. The number of urea groups is 1. The molecule has 0 radical (unpaired) electrons. The van der Waals surface area contributed by atoms with Crippen LogP contribution in [0.1, 0.15) is 30.8 Å². The zero-order chi connectivity index (χ0) is 23.2. The molecular formula is C22H25N5O6. The summed E-state index contributed by atoms with van der Waals surface area (Å²) in [5.74, 6) is -0.573. The van der Waals surface area contributed by atoms with E-state index in [9.17, 15) is 14.7 Å². The molecule has 5 rings (SSSR count). The third kappa shape index (κ3) is 4.29. The van der Waals surface area contributed by atoms with Gasteiger partial charge in [-0.15, -0.1) is 0 Å². The maximum Gasteiger partial charge on any atom is 0.354 e. The Morgan fingerprint density at radius 1 is 1.33 bits per heavy atom. The normalized spacial score (nSPS) is 22.7. The van der Waals surface area contributed by atoms with Crippen molar-refractivity contribution in [2.45, 2.75) is 38.2 Å². The third-order valence-corrected chi connectivity index (χ3v) is 5.86. The number of pyridine rings is 2. The molecule has 11 nitrogen and oxygen atoms in total. The zero-order valence-electron chi connectivity index (χ0n) is 18.4. The minimum atomic E-state index is -1.14. The average molecular weight is 455 g/mol. The quantitative estimate of drug-likeness (QED) is 0.698. The van der Waals surface area contributed by atoms with E-state index in [1.54, 1.807) is 24.4 Å². The number of aromatic nitrogens is 2. The first-order valence-corrected chi connectivity index (χ1v) is 10.8. The van der Waals surface area contributed by atoms with Crippen LogP contribution in [0.3, 0.4) is 0 Å². The largest absolute Gasteiger partial charge is 0.491 e. The number of carboxylic acid groups (broad SMARTS) is 1. The van der Waals surface area contributed by atoms with Gasteiger partial charge in [-0.25, -0.2) is 19.6 Å². The van der Waals surface area contributed by atoms with E-state index in [2.05, 4.69) is 20.2 Å². The molecule has 0 aliphatic carbocycles. The fourth-order valence-electron chi connectivity index (χ4n) is 4.36. The summed E-state index contributed by atoms with van der Waals surface area (Å²) in [5, 5.41) is 12.1. The molecule has 174 valence electrons. The number of carbonyl (C=O) groups excluding carboxylic acids is 1. The van der Waals surface area contributed by atoms with Crippen molar-refractivity contribution in [2.24, 2.45) is 0 Å². The summed E-state index contributed by atoms with van der Waals surface area (Å²) in [6, 6.07) is 5.97. The number of ether oxygens (including phenoxy) is 3. The van der Waals surface area contributed by atoms with E-state index in [0.29, 0.717) is 37.1 Å². The Hall–Kier alpha value is -3.44. The van der Waals surface area contributed by atoms with Crippen molar-refractivity contribution in [3.05, 3.63) is 36.2 Å². The topological polar surface area (TPSA) is 126 Å². The van der Waals surface area contributed by atoms with Crippen molar-refractivity contribution >= 4 is 29.3 Å². The highest BCUT2D eigenvalue weighted by molar-refractivity contribution is 6.04. The van der Waals surface area contributed by atoms with Gasteiger partial charge in [0.2, 0.25) is 0 Å². The van der Waals surface area contributed by atoms with E-state index in [1.807, 2.05) is 13.8 Å². The van der Waals surface area contributed by atoms with Crippen molar-refractivity contribution < 1.29 is 28.9 Å². The Bertz CT molecular complexity index is 1090. The van der Waals surface area contributed by atoms with Crippen molar-refractivity contribution in [1.29, 1.82) is 0 Å². The van der Waals surface area contributed by atoms with E-state index in [0.717, 1.165) is 18.7 Å². The fourth-order valence-corrected chi connectivity index (χ4v) is 4.36. The highest BCUT2D eigenvalue weighted by Gasteiger charge is 2.40. The van der Waals surface area contributed by atoms with Gasteiger partial charge in [0, 0.05) is 25.4 Å². The number of carbonyl (C=O) groups is 2. The number of anilines is 3. The van der Waals surface area contributed by atoms with Crippen LogP contribution >= 0.6 is 0 Å². The van der Waals surface area contributed by atoms with E-state index in [4.69, 9.17) is 14.2 Å². The number of hydrogen-bond acceptors (Lipinski definition) is 8. The molecule has 33 heavy (non-hydrogen) atoms. The van der Waals surface area contributed by atoms with E-state index in [-0.39, 0.29) is 17.8 Å². The Labute approximate surface area is 190 Å². The third-order valence-electron chi connectivity index (χ3n) is 5.86. The SMILES string of the molecule is CC1(C)OCC(COc2ccnc(NC(=O)N3c4nc(C(=O)O)ccc4N4CCC3C4)c2)O1. The van der Waals surface area contributed by atoms with Crippen LogP contribution in [0.25, 0.3) is 0 Å². The van der Waals surface area contributed by atoms with Gasteiger partial charge >= 0.3 is 12.0 Å². The van der Waals surface area contributed by atoms with Gasteiger partial charge in [-0.2, -0.15) is 0 Å². The first-order chi connectivity index (χ1) is 15.8. The minimum absolute atomic E-state index is 0.101. The van der Waals surface area contributed by atoms with Crippen LogP contribution in [0, 0.1) is 0 Å². The molecule has 2 amide bonds. The Morgan fingerprint density at radius 2 is 2.18 bits per heavy atom. The standard InChI is InChI=1S/C22H25N5O6/c1-22(2)32-12-15(33-22)11-31-14-5-7-23-18(9-14)25-21(30)27-13-6-8-26(10-13)17-4-3-16(20(28)29)24-19(17)27/h3-5,7,9,13,15H,6,8,10-12H2,1-2H3,(H,28,29)(H,23,25,30). The summed E-state index contributed by atoms with van der Waals surface area (Å²) < 4.78 is 17.1. The molecule has 2 unspecified atom stereocenters. The molecule has 2 fully saturated rings. The smallest absolute Gasteiger partial charge is 0.354 e. The summed E-state index contributed by atoms with van der Waals surface area (Å²) in [6.07, 6.45) is 2.13. The van der Waals surface area contributed by atoms with Gasteiger partial charge in [-0.1, -0.05) is 0 Å².